The maximum atomic E-state index is 13.2. The van der Waals surface area contributed by atoms with Gasteiger partial charge >= 0.3 is 5.97 Å². The number of hydrogen-bond donors (Lipinski definition) is 1. The van der Waals surface area contributed by atoms with Crippen LogP contribution in [0.1, 0.15) is 47.1 Å². The number of rotatable bonds is 7. The summed E-state index contributed by atoms with van der Waals surface area (Å²) < 4.78 is 5.04. The van der Waals surface area contributed by atoms with Crippen LogP contribution in [-0.4, -0.2) is 51.4 Å². The van der Waals surface area contributed by atoms with E-state index in [1.807, 2.05) is 35.4 Å². The first kappa shape index (κ1) is 23.7. The topological polar surface area (TPSA) is 88.2 Å². The fourth-order valence-corrected chi connectivity index (χ4v) is 5.16. The van der Waals surface area contributed by atoms with Gasteiger partial charge in [0.05, 0.1) is 18.6 Å². The van der Waals surface area contributed by atoms with Crippen molar-refractivity contribution in [3.05, 3.63) is 95.7 Å². The molecule has 5 rings (SSSR count). The van der Waals surface area contributed by atoms with Crippen LogP contribution in [0.2, 0.25) is 0 Å². The van der Waals surface area contributed by atoms with Crippen molar-refractivity contribution in [1.29, 1.82) is 0 Å². The first-order chi connectivity index (χ1) is 17.6. The summed E-state index contributed by atoms with van der Waals surface area (Å²) in [5, 5.41) is 1.10. The van der Waals surface area contributed by atoms with Crippen LogP contribution in [0.3, 0.4) is 0 Å². The van der Waals surface area contributed by atoms with Crippen molar-refractivity contribution in [1.82, 2.24) is 19.9 Å². The predicted molar refractivity (Wildman–Crippen MR) is 138 cm³/mol. The molecule has 0 saturated carbocycles. The van der Waals surface area contributed by atoms with E-state index in [2.05, 4.69) is 45.3 Å². The number of likely N-dealkylation sites (tertiary alicyclic amines) is 1. The first-order valence-electron chi connectivity index (χ1n) is 12.4. The lowest BCUT2D eigenvalue weighted by Crippen LogP contribution is -2.46. The van der Waals surface area contributed by atoms with Crippen LogP contribution >= 0.6 is 0 Å². The third-order valence-electron chi connectivity index (χ3n) is 7.19. The molecule has 0 radical (unpaired) electrons. The number of H-pyrrole nitrogens is 1. The lowest BCUT2D eigenvalue weighted by Gasteiger charge is -2.42. The number of amides is 1. The van der Waals surface area contributed by atoms with Gasteiger partial charge in [-0.2, -0.15) is 0 Å². The molecule has 2 aromatic carbocycles. The Balaban J connectivity index is 1.31. The molecule has 0 bridgehead atoms. The zero-order valence-corrected chi connectivity index (χ0v) is 20.4. The van der Waals surface area contributed by atoms with Crippen LogP contribution in [0.25, 0.3) is 10.9 Å². The molecule has 7 heteroatoms. The number of carbonyl (C=O) groups is 2. The lowest BCUT2D eigenvalue weighted by molar-refractivity contribution is -0.132. The van der Waals surface area contributed by atoms with E-state index < -0.39 is 5.97 Å². The number of benzene rings is 2. The van der Waals surface area contributed by atoms with Crippen molar-refractivity contribution in [3.8, 4) is 0 Å². The number of nitrogens with zero attached hydrogens (tertiary/aromatic N) is 3. The van der Waals surface area contributed by atoms with Gasteiger partial charge in [-0.05, 0) is 37.0 Å². The van der Waals surface area contributed by atoms with E-state index >= 15 is 0 Å². The van der Waals surface area contributed by atoms with Gasteiger partial charge in [0.25, 0.3) is 0 Å². The maximum Gasteiger partial charge on any atom is 0.341 e. The molecule has 1 aliphatic rings. The smallest absolute Gasteiger partial charge is 0.341 e. The molecule has 0 aliphatic carbocycles. The molecular formula is C29H30N4O3. The number of carbonyl (C=O) groups excluding carboxylic acids is 2. The molecule has 0 spiro atoms. The molecule has 0 unspecified atom stereocenters. The van der Waals surface area contributed by atoms with Crippen molar-refractivity contribution in [3.63, 3.8) is 0 Å². The molecule has 3 heterocycles. The van der Waals surface area contributed by atoms with Gasteiger partial charge in [0.15, 0.2) is 0 Å². The summed E-state index contributed by atoms with van der Waals surface area (Å²) in [7, 11) is 0. The number of aromatic nitrogens is 3. The molecule has 1 N–H and O–H groups in total. The third kappa shape index (κ3) is 4.87. The summed E-state index contributed by atoms with van der Waals surface area (Å²) in [5.41, 5.74) is 3.49. The fourth-order valence-electron chi connectivity index (χ4n) is 5.16. The quantitative estimate of drug-likeness (QED) is 0.393. The van der Waals surface area contributed by atoms with Gasteiger partial charge in [-0.25, -0.2) is 14.8 Å². The average molecular weight is 483 g/mol. The molecule has 4 aromatic rings. The summed E-state index contributed by atoms with van der Waals surface area (Å²) >= 11 is 0. The summed E-state index contributed by atoms with van der Waals surface area (Å²) in [6.07, 6.45) is 7.69. The van der Waals surface area contributed by atoms with E-state index in [-0.39, 0.29) is 11.3 Å². The average Bonchev–Trinajstić information content (AvgIpc) is 3.33. The number of nitrogens with one attached hydrogen (secondary N) is 1. The highest BCUT2D eigenvalue weighted by atomic mass is 16.5. The summed E-state index contributed by atoms with van der Waals surface area (Å²) in [4.78, 5) is 39.4. The Labute approximate surface area is 210 Å². The minimum absolute atomic E-state index is 0.149. The van der Waals surface area contributed by atoms with Crippen molar-refractivity contribution in [2.24, 2.45) is 0 Å². The Hall–Kier alpha value is -4.00. The second-order valence-corrected chi connectivity index (χ2v) is 9.35. The molecule has 0 atom stereocenters. The molecule has 1 fully saturated rings. The highest BCUT2D eigenvalue weighted by molar-refractivity contribution is 5.89. The molecule has 2 aromatic heterocycles. The third-order valence-corrected chi connectivity index (χ3v) is 7.19. The summed E-state index contributed by atoms with van der Waals surface area (Å²) in [6, 6.07) is 18.5. The molecule has 36 heavy (non-hydrogen) atoms. The fraction of sp³-hybridized carbons (Fsp3) is 0.310. The van der Waals surface area contributed by atoms with E-state index in [1.54, 1.807) is 19.3 Å². The van der Waals surface area contributed by atoms with E-state index in [0.29, 0.717) is 43.9 Å². The maximum absolute atomic E-state index is 13.2. The zero-order chi connectivity index (χ0) is 25.0. The highest BCUT2D eigenvalue weighted by Gasteiger charge is 2.38. The first-order valence-corrected chi connectivity index (χ1v) is 12.4. The van der Waals surface area contributed by atoms with Crippen LogP contribution in [0.5, 0.6) is 0 Å². The second kappa shape index (κ2) is 10.3. The Morgan fingerprint density at radius 2 is 1.69 bits per heavy atom. The molecular weight excluding hydrogens is 452 g/mol. The Morgan fingerprint density at radius 3 is 2.42 bits per heavy atom. The van der Waals surface area contributed by atoms with Crippen molar-refractivity contribution in [2.45, 2.75) is 38.0 Å². The highest BCUT2D eigenvalue weighted by Crippen LogP contribution is 2.38. The monoisotopic (exact) mass is 482 g/mol. The Kier molecular flexibility index (Phi) is 6.80. The van der Waals surface area contributed by atoms with E-state index in [0.717, 1.165) is 29.3 Å². The van der Waals surface area contributed by atoms with Gasteiger partial charge in [0.2, 0.25) is 5.91 Å². The van der Waals surface area contributed by atoms with Crippen LogP contribution < -0.4 is 0 Å². The Morgan fingerprint density at radius 1 is 1.00 bits per heavy atom. The number of hydrogen-bond acceptors (Lipinski definition) is 5. The van der Waals surface area contributed by atoms with Crippen molar-refractivity contribution < 1.29 is 14.3 Å². The van der Waals surface area contributed by atoms with Gasteiger partial charge in [0, 0.05) is 54.4 Å². The van der Waals surface area contributed by atoms with Crippen LogP contribution in [-0.2, 0) is 27.8 Å². The molecule has 1 saturated heterocycles. The number of esters is 1. The van der Waals surface area contributed by atoms with Gasteiger partial charge in [-0.15, -0.1) is 0 Å². The van der Waals surface area contributed by atoms with Gasteiger partial charge in [-0.3, -0.25) is 4.79 Å². The lowest BCUT2D eigenvalue weighted by atomic mass is 9.70. The standard InChI is InChI=1S/C29H30N4O3/c1-2-36-28(35)22-19-31-26(32-20-22)17-29(23-8-4-3-5-9-23)12-14-33(15-13-29)27(34)16-21-18-30-25-11-7-6-10-24(21)25/h3-11,18-20,30H,2,12-17H2,1H3. The number of piperidine rings is 1. The zero-order valence-electron chi connectivity index (χ0n) is 20.4. The van der Waals surface area contributed by atoms with E-state index in [4.69, 9.17) is 4.74 Å². The summed E-state index contributed by atoms with van der Waals surface area (Å²) in [6.45, 7) is 3.44. The number of ether oxygens (including phenoxy) is 1. The van der Waals surface area contributed by atoms with Gasteiger partial charge in [-0.1, -0.05) is 48.5 Å². The van der Waals surface area contributed by atoms with Crippen molar-refractivity contribution >= 4 is 22.8 Å². The number of para-hydroxylation sites is 1. The van der Waals surface area contributed by atoms with E-state index in [9.17, 15) is 9.59 Å². The minimum Gasteiger partial charge on any atom is -0.462 e. The van der Waals surface area contributed by atoms with Gasteiger partial charge in [0.1, 0.15) is 5.82 Å². The second-order valence-electron chi connectivity index (χ2n) is 9.35. The van der Waals surface area contributed by atoms with Crippen LogP contribution in [0, 0.1) is 0 Å². The van der Waals surface area contributed by atoms with Crippen molar-refractivity contribution in [2.75, 3.05) is 19.7 Å². The van der Waals surface area contributed by atoms with Crippen LogP contribution in [0.15, 0.2) is 73.2 Å². The van der Waals surface area contributed by atoms with Gasteiger partial charge < -0.3 is 14.6 Å². The molecule has 7 nitrogen and oxygen atoms in total. The molecule has 1 amide bonds. The van der Waals surface area contributed by atoms with E-state index in [1.165, 1.54) is 5.56 Å². The largest absolute Gasteiger partial charge is 0.462 e. The SMILES string of the molecule is CCOC(=O)c1cnc(CC2(c3ccccc3)CCN(C(=O)Cc3c[nH]c4ccccc34)CC2)nc1. The normalized spacial score (nSPS) is 15.1. The predicted octanol–water partition coefficient (Wildman–Crippen LogP) is 4.48. The van der Waals surface area contributed by atoms with Crippen LogP contribution in [0.4, 0.5) is 0 Å². The molecule has 1 aliphatic heterocycles. The number of fused-ring (bicyclic) bond motifs is 1. The minimum atomic E-state index is -0.413. The molecule has 184 valence electrons. The summed E-state index contributed by atoms with van der Waals surface area (Å²) in [5.74, 6) is 0.422. The Bertz CT molecular complexity index is 1340. The number of aromatic amines is 1.